The van der Waals surface area contributed by atoms with Crippen LogP contribution in [0.3, 0.4) is 0 Å². The molecule has 0 aliphatic carbocycles. The lowest BCUT2D eigenvalue weighted by Crippen LogP contribution is -2.04. The largest absolute Gasteiger partial charge is 0.0840 e. The summed E-state index contributed by atoms with van der Waals surface area (Å²) in [7, 11) is -0.691. The standard InChI is InChI=1S/C14H24P/c1-4-11-15(3,12-5-2)13-14-9-7-6-8-10-14/h6-10H,4-5,11-13H2,1-3H3/q+1. The Morgan fingerprint density at radius 1 is 0.933 bits per heavy atom. The molecule has 0 aliphatic rings. The second-order valence-electron chi connectivity index (χ2n) is 4.71. The van der Waals surface area contributed by atoms with Crippen molar-refractivity contribution in [2.24, 2.45) is 0 Å². The minimum absolute atomic E-state index is 0.691. The molecule has 84 valence electrons. The third kappa shape index (κ3) is 4.34. The van der Waals surface area contributed by atoms with Gasteiger partial charge < -0.3 is 0 Å². The smallest absolute Gasteiger partial charge is 0.0622 e. The molecule has 1 aromatic rings. The van der Waals surface area contributed by atoms with Gasteiger partial charge in [-0.2, -0.15) is 0 Å². The van der Waals surface area contributed by atoms with Crippen molar-refractivity contribution < 1.29 is 0 Å². The maximum absolute atomic E-state index is 2.55. The van der Waals surface area contributed by atoms with Gasteiger partial charge in [0, 0.05) is 13.9 Å². The highest BCUT2D eigenvalue weighted by Gasteiger charge is 2.29. The fourth-order valence-electron chi connectivity index (χ4n) is 2.37. The van der Waals surface area contributed by atoms with Gasteiger partial charge in [-0.25, -0.2) is 0 Å². The van der Waals surface area contributed by atoms with E-state index in [2.05, 4.69) is 50.8 Å². The van der Waals surface area contributed by atoms with E-state index in [-0.39, 0.29) is 0 Å². The minimum atomic E-state index is -0.691. The molecule has 0 saturated heterocycles. The second kappa shape index (κ2) is 6.28. The lowest BCUT2D eigenvalue weighted by molar-refractivity contribution is 1.03. The summed E-state index contributed by atoms with van der Waals surface area (Å²) in [5.74, 6) is 0. The molecule has 0 nitrogen and oxygen atoms in total. The molecule has 0 aliphatic heterocycles. The van der Waals surface area contributed by atoms with Crippen LogP contribution in [0.2, 0.25) is 0 Å². The van der Waals surface area contributed by atoms with Gasteiger partial charge in [0.1, 0.15) is 0 Å². The SMILES string of the molecule is CCC[P+](C)(CCC)Cc1ccccc1. The van der Waals surface area contributed by atoms with Gasteiger partial charge >= 0.3 is 0 Å². The van der Waals surface area contributed by atoms with Gasteiger partial charge in [-0.05, 0) is 18.4 Å². The molecular formula is C14H24P+. The van der Waals surface area contributed by atoms with Crippen molar-refractivity contribution in [3.63, 3.8) is 0 Å². The predicted octanol–water partition coefficient (Wildman–Crippen LogP) is 4.65. The molecule has 15 heavy (non-hydrogen) atoms. The molecule has 0 N–H and O–H groups in total. The van der Waals surface area contributed by atoms with E-state index in [0.29, 0.717) is 0 Å². The summed E-state index contributed by atoms with van der Waals surface area (Å²) in [6, 6.07) is 11.0. The highest BCUT2D eigenvalue weighted by molar-refractivity contribution is 7.74. The van der Waals surface area contributed by atoms with Gasteiger partial charge in [0.25, 0.3) is 0 Å². The van der Waals surface area contributed by atoms with Crippen LogP contribution in [-0.4, -0.2) is 19.0 Å². The second-order valence-corrected chi connectivity index (χ2v) is 9.16. The maximum Gasteiger partial charge on any atom is 0.0840 e. The zero-order valence-corrected chi connectivity index (χ0v) is 11.3. The summed E-state index contributed by atoms with van der Waals surface area (Å²) >= 11 is 0. The average molecular weight is 223 g/mol. The minimum Gasteiger partial charge on any atom is -0.0622 e. The predicted molar refractivity (Wildman–Crippen MR) is 73.3 cm³/mol. The van der Waals surface area contributed by atoms with Crippen molar-refractivity contribution in [1.29, 1.82) is 0 Å². The number of benzene rings is 1. The van der Waals surface area contributed by atoms with Crippen LogP contribution in [0.25, 0.3) is 0 Å². The molecule has 0 heterocycles. The quantitative estimate of drug-likeness (QED) is 0.615. The van der Waals surface area contributed by atoms with Crippen LogP contribution in [0.15, 0.2) is 30.3 Å². The summed E-state index contributed by atoms with van der Waals surface area (Å²) in [6.07, 6.45) is 6.94. The van der Waals surface area contributed by atoms with Crippen LogP contribution < -0.4 is 0 Å². The highest BCUT2D eigenvalue weighted by atomic mass is 31.2. The third-order valence-electron chi connectivity index (χ3n) is 2.93. The number of hydrogen-bond acceptors (Lipinski definition) is 0. The van der Waals surface area contributed by atoms with Crippen molar-refractivity contribution in [2.75, 3.05) is 19.0 Å². The molecule has 0 amide bonds. The van der Waals surface area contributed by atoms with Crippen molar-refractivity contribution in [2.45, 2.75) is 32.9 Å². The van der Waals surface area contributed by atoms with Gasteiger partial charge in [-0.1, -0.05) is 44.2 Å². The Labute approximate surface area is 95.4 Å². The molecule has 1 heteroatoms. The molecule has 0 atom stereocenters. The van der Waals surface area contributed by atoms with E-state index in [9.17, 15) is 0 Å². The summed E-state index contributed by atoms with van der Waals surface area (Å²) in [4.78, 5) is 0. The lowest BCUT2D eigenvalue weighted by atomic mass is 10.2. The van der Waals surface area contributed by atoms with E-state index in [0.717, 1.165) is 0 Å². The molecule has 1 rings (SSSR count). The fourth-order valence-corrected chi connectivity index (χ4v) is 6.17. The van der Waals surface area contributed by atoms with Gasteiger partial charge in [-0.15, -0.1) is 0 Å². The molecule has 0 saturated carbocycles. The van der Waals surface area contributed by atoms with Crippen LogP contribution in [0, 0.1) is 0 Å². The van der Waals surface area contributed by atoms with E-state index in [1.807, 2.05) is 0 Å². The summed E-state index contributed by atoms with van der Waals surface area (Å²) in [5, 5.41) is 0. The van der Waals surface area contributed by atoms with Gasteiger partial charge in [-0.3, -0.25) is 0 Å². The Morgan fingerprint density at radius 2 is 1.47 bits per heavy atom. The van der Waals surface area contributed by atoms with Crippen LogP contribution in [0.5, 0.6) is 0 Å². The first kappa shape index (κ1) is 12.7. The molecule has 1 aromatic carbocycles. The first-order valence-electron chi connectivity index (χ1n) is 6.07. The van der Waals surface area contributed by atoms with E-state index >= 15 is 0 Å². The van der Waals surface area contributed by atoms with Gasteiger partial charge in [0.05, 0.1) is 18.5 Å². The van der Waals surface area contributed by atoms with Crippen molar-refractivity contribution >= 4 is 7.26 Å². The van der Waals surface area contributed by atoms with Crippen LogP contribution in [-0.2, 0) is 6.16 Å². The molecular weight excluding hydrogens is 199 g/mol. The molecule has 0 spiro atoms. The summed E-state index contributed by atoms with van der Waals surface area (Å²) in [5.41, 5.74) is 1.54. The Morgan fingerprint density at radius 3 is 1.93 bits per heavy atom. The highest BCUT2D eigenvalue weighted by Crippen LogP contribution is 2.58. The Kier molecular flexibility index (Phi) is 5.32. The van der Waals surface area contributed by atoms with Crippen molar-refractivity contribution in [1.82, 2.24) is 0 Å². The maximum atomic E-state index is 2.55. The lowest BCUT2D eigenvalue weighted by Gasteiger charge is -2.22. The van der Waals surface area contributed by atoms with Gasteiger partial charge in [0.15, 0.2) is 0 Å². The number of hydrogen-bond donors (Lipinski definition) is 0. The van der Waals surface area contributed by atoms with E-state index < -0.39 is 7.26 Å². The molecule has 0 unspecified atom stereocenters. The Balaban J connectivity index is 2.66. The summed E-state index contributed by atoms with van der Waals surface area (Å²) < 4.78 is 0. The topological polar surface area (TPSA) is 0 Å². The van der Waals surface area contributed by atoms with Crippen LogP contribution in [0.1, 0.15) is 32.3 Å². The zero-order valence-electron chi connectivity index (χ0n) is 10.4. The summed E-state index contributed by atoms with van der Waals surface area (Å²) in [6.45, 7) is 7.19. The monoisotopic (exact) mass is 223 g/mol. The van der Waals surface area contributed by atoms with E-state index in [4.69, 9.17) is 0 Å². The molecule has 0 aromatic heterocycles. The fraction of sp³-hybridized carbons (Fsp3) is 0.571. The third-order valence-corrected chi connectivity index (χ3v) is 7.12. The van der Waals surface area contributed by atoms with Crippen LogP contribution >= 0.6 is 7.26 Å². The van der Waals surface area contributed by atoms with E-state index in [1.54, 1.807) is 0 Å². The van der Waals surface area contributed by atoms with Crippen molar-refractivity contribution in [3.05, 3.63) is 35.9 Å². The van der Waals surface area contributed by atoms with Crippen LogP contribution in [0.4, 0.5) is 0 Å². The first-order valence-corrected chi connectivity index (χ1v) is 8.87. The number of rotatable bonds is 6. The van der Waals surface area contributed by atoms with Gasteiger partial charge in [0.2, 0.25) is 0 Å². The normalized spacial score (nSPS) is 11.7. The molecule has 0 bridgehead atoms. The first-order chi connectivity index (χ1) is 7.20. The zero-order chi connectivity index (χ0) is 11.1. The Bertz CT molecular complexity index is 260. The van der Waals surface area contributed by atoms with E-state index in [1.165, 1.54) is 36.9 Å². The molecule has 0 fully saturated rings. The average Bonchev–Trinajstić information content (AvgIpc) is 2.19. The van der Waals surface area contributed by atoms with Crippen molar-refractivity contribution in [3.8, 4) is 0 Å². The molecule has 0 radical (unpaired) electrons. The Hall–Kier alpha value is -0.350.